The quantitative estimate of drug-likeness (QED) is 0.802. The molecule has 20 heavy (non-hydrogen) atoms. The first-order valence-electron chi connectivity index (χ1n) is 6.41. The molecule has 4 nitrogen and oxygen atoms in total. The lowest BCUT2D eigenvalue weighted by molar-refractivity contribution is 0.107. The molecular weight excluding hydrogens is 311 g/mol. The zero-order valence-electron chi connectivity index (χ0n) is 10.6. The van der Waals surface area contributed by atoms with Gasteiger partial charge in [-0.25, -0.2) is 8.78 Å². The lowest BCUT2D eigenvalue weighted by atomic mass is 9.95. The van der Waals surface area contributed by atoms with Crippen LogP contribution >= 0.6 is 23.2 Å². The summed E-state index contributed by atoms with van der Waals surface area (Å²) in [7, 11) is 0. The van der Waals surface area contributed by atoms with Gasteiger partial charge >= 0.3 is 6.01 Å². The minimum atomic E-state index is -0.869. The molecule has 8 heteroatoms. The van der Waals surface area contributed by atoms with Crippen molar-refractivity contribution in [3.63, 3.8) is 0 Å². The van der Waals surface area contributed by atoms with Crippen LogP contribution in [0.5, 0.6) is 6.01 Å². The van der Waals surface area contributed by atoms with E-state index in [1.165, 1.54) is 0 Å². The van der Waals surface area contributed by atoms with E-state index in [-0.39, 0.29) is 28.5 Å². The molecular formula is C12H13Cl2F2N3O. The highest BCUT2D eigenvalue weighted by Crippen LogP contribution is 2.40. The first-order valence-corrected chi connectivity index (χ1v) is 7.16. The van der Waals surface area contributed by atoms with E-state index in [1.54, 1.807) is 0 Å². The van der Waals surface area contributed by atoms with Gasteiger partial charge in [0.05, 0.1) is 5.54 Å². The molecule has 2 saturated heterocycles. The van der Waals surface area contributed by atoms with Crippen LogP contribution < -0.4 is 4.74 Å². The molecule has 0 saturated carbocycles. The van der Waals surface area contributed by atoms with Crippen LogP contribution in [0, 0.1) is 5.82 Å². The molecule has 2 aliphatic rings. The van der Waals surface area contributed by atoms with Gasteiger partial charge < -0.3 is 4.74 Å². The number of rotatable bonds is 3. The normalized spacial score (nSPS) is 29.7. The molecule has 3 heterocycles. The van der Waals surface area contributed by atoms with Crippen LogP contribution in [-0.2, 0) is 0 Å². The van der Waals surface area contributed by atoms with Crippen LogP contribution in [0.4, 0.5) is 8.78 Å². The SMILES string of the molecule is Fc1c(Cl)nc(OC[C@@]23CCCN2C[C@H](F)C3)nc1Cl. The Hall–Kier alpha value is -0.720. The van der Waals surface area contributed by atoms with Gasteiger partial charge in [0, 0.05) is 13.0 Å². The number of nitrogens with zero attached hydrogens (tertiary/aromatic N) is 3. The summed E-state index contributed by atoms with van der Waals surface area (Å²) >= 11 is 11.2. The zero-order chi connectivity index (χ0) is 14.3. The number of alkyl halides is 1. The van der Waals surface area contributed by atoms with Gasteiger partial charge in [0.2, 0.25) is 0 Å². The van der Waals surface area contributed by atoms with Gasteiger partial charge in [-0.05, 0) is 19.4 Å². The largest absolute Gasteiger partial charge is 0.461 e. The summed E-state index contributed by atoms with van der Waals surface area (Å²) in [6.07, 6.45) is 1.49. The van der Waals surface area contributed by atoms with E-state index in [1.807, 2.05) is 0 Å². The van der Waals surface area contributed by atoms with Crippen molar-refractivity contribution in [1.29, 1.82) is 0 Å². The Balaban J connectivity index is 1.73. The monoisotopic (exact) mass is 323 g/mol. The van der Waals surface area contributed by atoms with Crippen LogP contribution in [0.2, 0.25) is 10.3 Å². The average Bonchev–Trinajstić information content (AvgIpc) is 2.89. The van der Waals surface area contributed by atoms with Crippen molar-refractivity contribution in [2.75, 3.05) is 19.7 Å². The highest BCUT2D eigenvalue weighted by molar-refractivity contribution is 6.33. The van der Waals surface area contributed by atoms with Crippen LogP contribution in [-0.4, -0.2) is 46.3 Å². The molecule has 0 radical (unpaired) electrons. The molecule has 2 fully saturated rings. The molecule has 0 aromatic carbocycles. The van der Waals surface area contributed by atoms with Crippen molar-refractivity contribution in [2.45, 2.75) is 31.0 Å². The Morgan fingerprint density at radius 3 is 2.75 bits per heavy atom. The highest BCUT2D eigenvalue weighted by Gasteiger charge is 2.49. The molecule has 0 aliphatic carbocycles. The van der Waals surface area contributed by atoms with Gasteiger partial charge in [-0.2, -0.15) is 9.97 Å². The third-order valence-corrected chi connectivity index (χ3v) is 4.48. The third-order valence-electron chi connectivity index (χ3n) is 3.98. The van der Waals surface area contributed by atoms with Crippen LogP contribution in [0.1, 0.15) is 19.3 Å². The Morgan fingerprint density at radius 1 is 1.35 bits per heavy atom. The summed E-state index contributed by atoms with van der Waals surface area (Å²) in [6.45, 7) is 1.57. The maximum Gasteiger partial charge on any atom is 0.319 e. The van der Waals surface area contributed by atoms with Crippen molar-refractivity contribution >= 4 is 23.2 Å². The molecule has 2 atom stereocenters. The molecule has 0 spiro atoms. The maximum absolute atomic E-state index is 13.6. The summed E-state index contributed by atoms with van der Waals surface area (Å²) in [5.74, 6) is -0.869. The molecule has 3 rings (SSSR count). The van der Waals surface area contributed by atoms with E-state index in [0.29, 0.717) is 13.0 Å². The maximum atomic E-state index is 13.6. The van der Waals surface area contributed by atoms with E-state index in [2.05, 4.69) is 14.9 Å². The fourth-order valence-electron chi connectivity index (χ4n) is 3.09. The molecule has 1 aromatic heterocycles. The predicted molar refractivity (Wildman–Crippen MR) is 70.6 cm³/mol. The van der Waals surface area contributed by atoms with Crippen LogP contribution in [0.15, 0.2) is 0 Å². The Morgan fingerprint density at radius 2 is 2.05 bits per heavy atom. The van der Waals surface area contributed by atoms with Gasteiger partial charge in [-0.3, -0.25) is 4.90 Å². The van der Waals surface area contributed by atoms with Crippen molar-refractivity contribution in [2.24, 2.45) is 0 Å². The topological polar surface area (TPSA) is 38.2 Å². The second kappa shape index (κ2) is 5.24. The summed E-state index contributed by atoms with van der Waals surface area (Å²) in [6, 6.07) is -0.0788. The molecule has 0 N–H and O–H groups in total. The van der Waals surface area contributed by atoms with Crippen molar-refractivity contribution in [3.05, 3.63) is 16.1 Å². The molecule has 0 amide bonds. The Labute approximate surface area is 125 Å². The van der Waals surface area contributed by atoms with Crippen LogP contribution in [0.3, 0.4) is 0 Å². The minimum Gasteiger partial charge on any atom is -0.461 e. The second-order valence-electron chi connectivity index (χ2n) is 5.27. The number of hydrogen-bond acceptors (Lipinski definition) is 4. The fourth-order valence-corrected chi connectivity index (χ4v) is 3.46. The smallest absolute Gasteiger partial charge is 0.319 e. The number of hydrogen-bond donors (Lipinski definition) is 0. The zero-order valence-corrected chi connectivity index (χ0v) is 12.1. The molecule has 1 aromatic rings. The standard InChI is InChI=1S/C12H13Cl2F2N3O/c13-9-8(16)10(14)18-11(17-9)20-6-12-2-1-3-19(12)5-7(15)4-12/h7H,1-6H2/t7-,12+/m1/s1. The van der Waals surface area contributed by atoms with Crippen molar-refractivity contribution in [3.8, 4) is 6.01 Å². The van der Waals surface area contributed by atoms with E-state index in [4.69, 9.17) is 27.9 Å². The Bertz CT molecular complexity index is 510. The summed E-state index contributed by atoms with van der Waals surface area (Å²) in [5, 5.41) is -0.758. The summed E-state index contributed by atoms with van der Waals surface area (Å²) in [4.78, 5) is 9.47. The molecule has 0 bridgehead atoms. The Kier molecular flexibility index (Phi) is 3.73. The lowest BCUT2D eigenvalue weighted by Crippen LogP contribution is -2.43. The first-order chi connectivity index (χ1) is 9.50. The number of halogens is 4. The van der Waals surface area contributed by atoms with Crippen molar-refractivity contribution in [1.82, 2.24) is 14.9 Å². The van der Waals surface area contributed by atoms with Gasteiger partial charge in [0.15, 0.2) is 16.1 Å². The predicted octanol–water partition coefficient (Wildman–Crippen LogP) is 2.88. The lowest BCUT2D eigenvalue weighted by Gasteiger charge is -2.30. The average molecular weight is 324 g/mol. The van der Waals surface area contributed by atoms with E-state index >= 15 is 0 Å². The molecule has 0 unspecified atom stereocenters. The fraction of sp³-hybridized carbons (Fsp3) is 0.667. The van der Waals surface area contributed by atoms with Gasteiger partial charge in [-0.1, -0.05) is 23.2 Å². The molecule has 2 aliphatic heterocycles. The van der Waals surface area contributed by atoms with E-state index in [0.717, 1.165) is 19.4 Å². The van der Waals surface area contributed by atoms with Gasteiger partial charge in [0.1, 0.15) is 12.8 Å². The summed E-state index contributed by atoms with van der Waals surface area (Å²) in [5.41, 5.74) is -0.309. The summed E-state index contributed by atoms with van der Waals surface area (Å²) < 4.78 is 32.3. The third kappa shape index (κ3) is 2.44. The van der Waals surface area contributed by atoms with Crippen molar-refractivity contribution < 1.29 is 13.5 Å². The first kappa shape index (κ1) is 14.2. The van der Waals surface area contributed by atoms with E-state index < -0.39 is 12.0 Å². The number of fused-ring (bicyclic) bond motifs is 1. The number of ether oxygens (including phenoxy) is 1. The number of aromatic nitrogens is 2. The van der Waals surface area contributed by atoms with Crippen LogP contribution in [0.25, 0.3) is 0 Å². The highest BCUT2D eigenvalue weighted by atomic mass is 35.5. The molecule has 110 valence electrons. The van der Waals surface area contributed by atoms with E-state index in [9.17, 15) is 8.78 Å². The van der Waals surface area contributed by atoms with Gasteiger partial charge in [-0.15, -0.1) is 0 Å². The minimum absolute atomic E-state index is 0.0788. The second-order valence-corrected chi connectivity index (χ2v) is 5.98. The van der Waals surface area contributed by atoms with Gasteiger partial charge in [0.25, 0.3) is 0 Å².